The number of imidazole rings is 1. The van der Waals surface area contributed by atoms with Crippen molar-refractivity contribution in [1.29, 1.82) is 0 Å². The summed E-state index contributed by atoms with van der Waals surface area (Å²) in [7, 11) is 0. The number of nitrogens with zero attached hydrogens (tertiary/aromatic N) is 2. The number of benzene rings is 8. The maximum absolute atomic E-state index is 12.8. The van der Waals surface area contributed by atoms with Crippen LogP contribution in [0.1, 0.15) is 24.5 Å². The van der Waals surface area contributed by atoms with Crippen LogP contribution in [-0.2, 0) is 16.1 Å². The van der Waals surface area contributed by atoms with Crippen molar-refractivity contribution in [3.05, 3.63) is 211 Å². The van der Waals surface area contributed by atoms with Gasteiger partial charge >= 0.3 is 5.97 Å². The summed E-state index contributed by atoms with van der Waals surface area (Å²) in [4.78, 5) is 17.9. The fourth-order valence-corrected chi connectivity index (χ4v) is 7.86. The molecule has 0 saturated carbocycles. The Morgan fingerprint density at radius 2 is 1.21 bits per heavy atom. The first-order valence-corrected chi connectivity index (χ1v) is 19.4. The molecule has 0 aliphatic carbocycles. The first kappa shape index (κ1) is 35.4. The standard InChI is InChI=1S/C53H40N2O2/c1-2-38(23-16-28-50(56)57-36-37-17-6-3-7-18-37)51-44-24-12-13-25-45(44)52(40-19-8-4-9-20-40)46-34-31-42(35-47(46)51)39-29-32-43(33-30-39)55-49-27-15-14-26-48(49)54-53(55)41-21-10-5-11-22-41/h2-27,29-35H,28,36H2,1H3/b23-16-,38-2+. The molecule has 9 rings (SSSR count). The van der Waals surface area contributed by atoms with E-state index in [2.05, 4.69) is 163 Å². The minimum Gasteiger partial charge on any atom is -0.461 e. The van der Waals surface area contributed by atoms with Gasteiger partial charge in [0.15, 0.2) is 0 Å². The number of carbonyl (C=O) groups is 1. The lowest BCUT2D eigenvalue weighted by Gasteiger charge is -2.19. The minimum absolute atomic E-state index is 0.178. The Morgan fingerprint density at radius 1 is 0.596 bits per heavy atom. The van der Waals surface area contributed by atoms with Gasteiger partial charge in [-0.3, -0.25) is 9.36 Å². The van der Waals surface area contributed by atoms with Crippen LogP contribution in [0, 0.1) is 0 Å². The van der Waals surface area contributed by atoms with Crippen LogP contribution in [0.3, 0.4) is 0 Å². The fourth-order valence-electron chi connectivity index (χ4n) is 7.86. The minimum atomic E-state index is -0.259. The summed E-state index contributed by atoms with van der Waals surface area (Å²) >= 11 is 0. The Bertz CT molecular complexity index is 2930. The maximum Gasteiger partial charge on any atom is 0.309 e. The van der Waals surface area contributed by atoms with Gasteiger partial charge in [-0.05, 0) is 97.8 Å². The molecule has 0 radical (unpaired) electrons. The number of hydrogen-bond donors (Lipinski definition) is 0. The molecule has 0 amide bonds. The molecule has 4 heteroatoms. The van der Waals surface area contributed by atoms with Crippen LogP contribution in [0.4, 0.5) is 0 Å². The SMILES string of the molecule is C/C=C(\C=C/CC(=O)OCc1ccccc1)c1c2ccccc2c(-c2ccccc2)c2ccc(-c3ccc(-n4c(-c5ccccc5)nc5ccccc54)cc3)cc12. The van der Waals surface area contributed by atoms with Gasteiger partial charge in [-0.1, -0.05) is 170 Å². The molecule has 0 bridgehead atoms. The first-order valence-electron chi connectivity index (χ1n) is 19.4. The summed E-state index contributed by atoms with van der Waals surface area (Å²) in [5.41, 5.74) is 11.9. The molecule has 9 aromatic rings. The number of carbonyl (C=O) groups excluding carboxylic acids is 1. The number of fused-ring (bicyclic) bond motifs is 3. The van der Waals surface area contributed by atoms with Crippen molar-refractivity contribution >= 4 is 44.1 Å². The highest BCUT2D eigenvalue weighted by atomic mass is 16.5. The van der Waals surface area contributed by atoms with Gasteiger partial charge in [-0.2, -0.15) is 0 Å². The third kappa shape index (κ3) is 7.05. The number of esters is 1. The molecule has 0 aliphatic rings. The van der Waals surface area contributed by atoms with Crippen LogP contribution in [0.25, 0.3) is 77.5 Å². The van der Waals surface area contributed by atoms with E-state index in [0.717, 1.165) is 66.7 Å². The number of ether oxygens (including phenoxy) is 1. The van der Waals surface area contributed by atoms with E-state index >= 15 is 0 Å². The predicted molar refractivity (Wildman–Crippen MR) is 236 cm³/mol. The van der Waals surface area contributed by atoms with Crippen LogP contribution in [0.2, 0.25) is 0 Å². The zero-order valence-corrected chi connectivity index (χ0v) is 31.7. The molecule has 0 spiro atoms. The number of allylic oxidation sites excluding steroid dienone is 3. The molecule has 0 unspecified atom stereocenters. The van der Waals surface area contributed by atoms with E-state index < -0.39 is 0 Å². The Balaban J connectivity index is 1.14. The molecule has 0 saturated heterocycles. The van der Waals surface area contributed by atoms with E-state index in [1.807, 2.05) is 48.5 Å². The lowest BCUT2D eigenvalue weighted by Crippen LogP contribution is -2.02. The lowest BCUT2D eigenvalue weighted by molar-refractivity contribution is -0.143. The molecule has 57 heavy (non-hydrogen) atoms. The van der Waals surface area contributed by atoms with Crippen LogP contribution in [0.15, 0.2) is 200 Å². The van der Waals surface area contributed by atoms with E-state index in [1.165, 1.54) is 21.9 Å². The van der Waals surface area contributed by atoms with Crippen LogP contribution < -0.4 is 0 Å². The molecule has 1 heterocycles. The largest absolute Gasteiger partial charge is 0.461 e. The summed E-state index contributed by atoms with van der Waals surface area (Å²) in [5.74, 6) is 0.654. The highest BCUT2D eigenvalue weighted by Crippen LogP contribution is 2.43. The predicted octanol–water partition coefficient (Wildman–Crippen LogP) is 13.4. The Labute approximate surface area is 332 Å². The van der Waals surface area contributed by atoms with Gasteiger partial charge in [0.2, 0.25) is 0 Å². The monoisotopic (exact) mass is 736 g/mol. The third-order valence-electron chi connectivity index (χ3n) is 10.6. The smallest absolute Gasteiger partial charge is 0.309 e. The third-order valence-corrected chi connectivity index (χ3v) is 10.6. The molecule has 4 nitrogen and oxygen atoms in total. The Kier molecular flexibility index (Phi) is 9.82. The molecular weight excluding hydrogens is 697 g/mol. The zero-order valence-electron chi connectivity index (χ0n) is 31.7. The number of rotatable bonds is 10. The number of hydrogen-bond acceptors (Lipinski definition) is 3. The Hall–Kier alpha value is -7.30. The summed E-state index contributed by atoms with van der Waals surface area (Å²) in [6.45, 7) is 2.32. The second kappa shape index (κ2) is 15.8. The quantitative estimate of drug-likeness (QED) is 0.0798. The van der Waals surface area contributed by atoms with Crippen molar-refractivity contribution in [3.8, 4) is 39.3 Å². The highest BCUT2D eigenvalue weighted by molar-refractivity contribution is 6.20. The summed E-state index contributed by atoms with van der Waals surface area (Å²) in [5, 5.41) is 4.65. The average molecular weight is 737 g/mol. The van der Waals surface area contributed by atoms with Gasteiger partial charge < -0.3 is 4.74 Å². The van der Waals surface area contributed by atoms with Crippen molar-refractivity contribution in [3.63, 3.8) is 0 Å². The van der Waals surface area contributed by atoms with Crippen molar-refractivity contribution in [2.75, 3.05) is 0 Å². The second-order valence-electron chi connectivity index (χ2n) is 14.1. The van der Waals surface area contributed by atoms with Gasteiger partial charge in [-0.15, -0.1) is 0 Å². The van der Waals surface area contributed by atoms with Crippen LogP contribution in [-0.4, -0.2) is 15.5 Å². The highest BCUT2D eigenvalue weighted by Gasteiger charge is 2.19. The molecule has 1 aromatic heterocycles. The van der Waals surface area contributed by atoms with Crippen LogP contribution in [0.5, 0.6) is 0 Å². The summed E-state index contributed by atoms with van der Waals surface area (Å²) < 4.78 is 7.83. The van der Waals surface area contributed by atoms with E-state index in [1.54, 1.807) is 0 Å². The van der Waals surface area contributed by atoms with Crippen molar-refractivity contribution in [2.24, 2.45) is 0 Å². The zero-order chi connectivity index (χ0) is 38.6. The molecule has 274 valence electrons. The van der Waals surface area contributed by atoms with Crippen molar-refractivity contribution in [1.82, 2.24) is 9.55 Å². The lowest BCUT2D eigenvalue weighted by atomic mass is 9.84. The van der Waals surface area contributed by atoms with Gasteiger partial charge in [0, 0.05) is 11.3 Å². The van der Waals surface area contributed by atoms with E-state index in [-0.39, 0.29) is 19.0 Å². The maximum atomic E-state index is 12.8. The second-order valence-corrected chi connectivity index (χ2v) is 14.1. The molecule has 0 aliphatic heterocycles. The van der Waals surface area contributed by atoms with Crippen molar-refractivity contribution in [2.45, 2.75) is 20.0 Å². The van der Waals surface area contributed by atoms with Gasteiger partial charge in [0.25, 0.3) is 0 Å². The number of aromatic nitrogens is 2. The Morgan fingerprint density at radius 3 is 1.95 bits per heavy atom. The molecular formula is C53H40N2O2. The first-order chi connectivity index (χ1) is 28.2. The number of para-hydroxylation sites is 2. The van der Waals surface area contributed by atoms with Crippen molar-refractivity contribution < 1.29 is 9.53 Å². The molecule has 0 N–H and O–H groups in total. The summed E-state index contributed by atoms with van der Waals surface area (Å²) in [6.07, 6.45) is 6.29. The van der Waals surface area contributed by atoms with Gasteiger partial charge in [0.1, 0.15) is 12.4 Å². The topological polar surface area (TPSA) is 44.1 Å². The van der Waals surface area contributed by atoms with E-state index in [4.69, 9.17) is 9.72 Å². The van der Waals surface area contributed by atoms with E-state index in [0.29, 0.717) is 0 Å². The molecule has 0 fully saturated rings. The average Bonchev–Trinajstić information content (AvgIpc) is 3.67. The fraction of sp³-hybridized carbons (Fsp3) is 0.0566. The normalized spacial score (nSPS) is 11.8. The molecule has 8 aromatic carbocycles. The summed E-state index contributed by atoms with van der Waals surface area (Å²) in [6, 6.07) is 63.3. The molecule has 0 atom stereocenters. The van der Waals surface area contributed by atoms with E-state index in [9.17, 15) is 4.79 Å². The van der Waals surface area contributed by atoms with Gasteiger partial charge in [-0.25, -0.2) is 4.98 Å². The van der Waals surface area contributed by atoms with Crippen LogP contribution >= 0.6 is 0 Å². The van der Waals surface area contributed by atoms with Gasteiger partial charge in [0.05, 0.1) is 17.5 Å².